The molecule has 32 heavy (non-hydrogen) atoms. The third-order valence-electron chi connectivity index (χ3n) is 4.34. The molecular weight excluding hydrogens is 515 g/mol. The van der Waals surface area contributed by atoms with Crippen LogP contribution in [-0.4, -0.2) is 12.0 Å². The van der Waals surface area contributed by atoms with Gasteiger partial charge in [0.25, 0.3) is 5.91 Å². The summed E-state index contributed by atoms with van der Waals surface area (Å²) < 4.78 is 12.6. The van der Waals surface area contributed by atoms with Crippen molar-refractivity contribution >= 4 is 40.3 Å². The van der Waals surface area contributed by atoms with Crippen LogP contribution in [0, 0.1) is 14.9 Å². The van der Waals surface area contributed by atoms with Gasteiger partial charge in [-0.05, 0) is 90.0 Å². The van der Waals surface area contributed by atoms with Gasteiger partial charge in [-0.3, -0.25) is 4.79 Å². The highest BCUT2D eigenvalue weighted by atomic mass is 127. The van der Waals surface area contributed by atoms with E-state index < -0.39 is 5.91 Å². The molecule has 0 spiro atoms. The summed E-state index contributed by atoms with van der Waals surface area (Å²) in [5.41, 5.74) is 2.39. The fourth-order valence-electron chi connectivity index (χ4n) is 2.84. The second kappa shape index (κ2) is 11.3. The van der Waals surface area contributed by atoms with Gasteiger partial charge in [-0.1, -0.05) is 30.3 Å². The minimum Gasteiger partial charge on any atom is -0.491 e. The summed E-state index contributed by atoms with van der Waals surface area (Å²) in [6.45, 7) is 4.33. The van der Waals surface area contributed by atoms with E-state index in [1.54, 1.807) is 24.3 Å². The van der Waals surface area contributed by atoms with Gasteiger partial charge >= 0.3 is 0 Å². The van der Waals surface area contributed by atoms with Crippen molar-refractivity contribution in [3.63, 3.8) is 0 Å². The number of amides is 1. The molecule has 0 saturated carbocycles. The molecule has 0 bridgehead atoms. The van der Waals surface area contributed by atoms with Gasteiger partial charge in [0.1, 0.15) is 29.7 Å². The lowest BCUT2D eigenvalue weighted by Gasteiger charge is -2.11. The van der Waals surface area contributed by atoms with Crippen LogP contribution in [0.4, 0.5) is 5.69 Å². The average molecular weight is 538 g/mol. The van der Waals surface area contributed by atoms with Crippen LogP contribution in [0.25, 0.3) is 6.08 Å². The van der Waals surface area contributed by atoms with E-state index in [-0.39, 0.29) is 11.7 Å². The molecule has 0 saturated heterocycles. The van der Waals surface area contributed by atoms with Crippen LogP contribution >= 0.6 is 22.6 Å². The number of nitriles is 1. The molecule has 0 aromatic heterocycles. The van der Waals surface area contributed by atoms with E-state index in [2.05, 4.69) is 27.9 Å². The Morgan fingerprint density at radius 3 is 2.44 bits per heavy atom. The Morgan fingerprint density at radius 1 is 1.06 bits per heavy atom. The summed E-state index contributed by atoms with van der Waals surface area (Å²) >= 11 is 2.27. The minimum atomic E-state index is -0.478. The lowest BCUT2D eigenvalue weighted by molar-refractivity contribution is -0.112. The van der Waals surface area contributed by atoms with Crippen molar-refractivity contribution in [1.82, 2.24) is 0 Å². The highest BCUT2D eigenvalue weighted by Crippen LogP contribution is 2.20. The van der Waals surface area contributed by atoms with Crippen molar-refractivity contribution in [2.24, 2.45) is 0 Å². The van der Waals surface area contributed by atoms with Crippen molar-refractivity contribution < 1.29 is 14.3 Å². The first kappa shape index (κ1) is 23.4. The van der Waals surface area contributed by atoms with Crippen molar-refractivity contribution in [3.05, 3.63) is 93.1 Å². The molecule has 6 heteroatoms. The molecule has 1 amide bonds. The number of rotatable bonds is 8. The molecular formula is C26H23IN2O3. The number of nitrogens with zero attached hydrogens (tertiary/aromatic N) is 1. The van der Waals surface area contributed by atoms with Gasteiger partial charge in [0, 0.05) is 15.3 Å². The molecule has 1 N–H and O–H groups in total. The Kier molecular flexibility index (Phi) is 8.28. The number of ether oxygens (including phenoxy) is 2. The molecule has 162 valence electrons. The maximum atomic E-state index is 12.6. The second-order valence-corrected chi connectivity index (χ2v) is 8.55. The number of carbonyl (C=O) groups is 1. The van der Waals surface area contributed by atoms with E-state index in [4.69, 9.17) is 9.47 Å². The van der Waals surface area contributed by atoms with Crippen LogP contribution in [0.5, 0.6) is 11.5 Å². The predicted molar refractivity (Wildman–Crippen MR) is 134 cm³/mol. The number of benzene rings is 3. The van der Waals surface area contributed by atoms with E-state index in [0.717, 1.165) is 11.1 Å². The molecule has 0 atom stereocenters. The summed E-state index contributed by atoms with van der Waals surface area (Å²) in [7, 11) is 0. The first-order valence-electron chi connectivity index (χ1n) is 10.1. The third kappa shape index (κ3) is 7.13. The smallest absolute Gasteiger partial charge is 0.266 e. The van der Waals surface area contributed by atoms with Crippen LogP contribution in [0.1, 0.15) is 25.0 Å². The molecule has 0 heterocycles. The Bertz CT molecular complexity index is 1130. The highest BCUT2D eigenvalue weighted by Gasteiger charge is 2.10. The number of nitrogens with one attached hydrogen (secondary N) is 1. The Hall–Kier alpha value is -3.31. The Morgan fingerprint density at radius 2 is 1.78 bits per heavy atom. The fraction of sp³-hybridized carbons (Fsp3) is 0.154. The fourth-order valence-corrected chi connectivity index (χ4v) is 3.20. The standard InChI is InChI=1S/C26H23IN2O3/c1-18(2)32-25-5-3-4-23(15-25)29-26(30)21(16-28)14-19-8-12-24(13-9-19)31-17-20-6-10-22(27)11-7-20/h3-15,18H,17H2,1-2H3,(H,29,30)/b21-14-. The molecule has 3 aromatic carbocycles. The summed E-state index contributed by atoms with van der Waals surface area (Å²) in [4.78, 5) is 12.6. The molecule has 5 nitrogen and oxygen atoms in total. The predicted octanol–water partition coefficient (Wildman–Crippen LogP) is 6.20. The summed E-state index contributed by atoms with van der Waals surface area (Å²) in [6, 6.07) is 24.4. The van der Waals surface area contributed by atoms with Gasteiger partial charge in [0.15, 0.2) is 0 Å². The molecule has 0 unspecified atom stereocenters. The van der Waals surface area contributed by atoms with Gasteiger partial charge in [-0.15, -0.1) is 0 Å². The summed E-state index contributed by atoms with van der Waals surface area (Å²) in [6.07, 6.45) is 1.58. The van der Waals surface area contributed by atoms with E-state index in [0.29, 0.717) is 23.8 Å². The van der Waals surface area contributed by atoms with Crippen LogP contribution in [-0.2, 0) is 11.4 Å². The number of hydrogen-bond acceptors (Lipinski definition) is 4. The Labute approximate surface area is 201 Å². The molecule has 0 aliphatic rings. The molecule has 3 aromatic rings. The van der Waals surface area contributed by atoms with Crippen molar-refractivity contribution in [2.75, 3.05) is 5.32 Å². The Balaban J connectivity index is 1.63. The SMILES string of the molecule is CC(C)Oc1cccc(NC(=O)/C(C#N)=C\c2ccc(OCc3ccc(I)cc3)cc2)c1. The topological polar surface area (TPSA) is 71.3 Å². The molecule has 0 fully saturated rings. The van der Waals surface area contributed by atoms with Gasteiger partial charge < -0.3 is 14.8 Å². The van der Waals surface area contributed by atoms with Gasteiger partial charge in [-0.2, -0.15) is 5.26 Å². The zero-order valence-corrected chi connectivity index (χ0v) is 20.0. The number of carbonyl (C=O) groups excluding carboxylic acids is 1. The maximum absolute atomic E-state index is 12.6. The lowest BCUT2D eigenvalue weighted by Crippen LogP contribution is -2.13. The van der Waals surface area contributed by atoms with Gasteiger partial charge in [0.2, 0.25) is 0 Å². The number of anilines is 1. The van der Waals surface area contributed by atoms with E-state index in [1.807, 2.05) is 74.5 Å². The lowest BCUT2D eigenvalue weighted by atomic mass is 10.1. The largest absolute Gasteiger partial charge is 0.491 e. The molecule has 0 radical (unpaired) electrons. The first-order valence-corrected chi connectivity index (χ1v) is 11.2. The van der Waals surface area contributed by atoms with Crippen molar-refractivity contribution in [1.29, 1.82) is 5.26 Å². The number of hydrogen-bond donors (Lipinski definition) is 1. The first-order chi connectivity index (χ1) is 15.4. The van der Waals surface area contributed by atoms with E-state index in [9.17, 15) is 10.1 Å². The van der Waals surface area contributed by atoms with Gasteiger partial charge in [-0.25, -0.2) is 0 Å². The van der Waals surface area contributed by atoms with Crippen LogP contribution in [0.2, 0.25) is 0 Å². The second-order valence-electron chi connectivity index (χ2n) is 7.30. The monoisotopic (exact) mass is 538 g/mol. The van der Waals surface area contributed by atoms with Crippen LogP contribution in [0.15, 0.2) is 78.4 Å². The van der Waals surface area contributed by atoms with Crippen LogP contribution < -0.4 is 14.8 Å². The molecule has 0 aliphatic heterocycles. The summed E-state index contributed by atoms with van der Waals surface area (Å²) in [5, 5.41) is 12.2. The third-order valence-corrected chi connectivity index (χ3v) is 5.06. The maximum Gasteiger partial charge on any atom is 0.266 e. The van der Waals surface area contributed by atoms with Crippen molar-refractivity contribution in [3.8, 4) is 17.6 Å². The number of halogens is 1. The quantitative estimate of drug-likeness (QED) is 0.211. The molecule has 0 aliphatic carbocycles. The zero-order chi connectivity index (χ0) is 22.9. The normalized spacial score (nSPS) is 11.0. The van der Waals surface area contributed by atoms with Crippen molar-refractivity contribution in [2.45, 2.75) is 26.6 Å². The van der Waals surface area contributed by atoms with Crippen LogP contribution in [0.3, 0.4) is 0 Å². The average Bonchev–Trinajstić information content (AvgIpc) is 2.77. The van der Waals surface area contributed by atoms with E-state index >= 15 is 0 Å². The zero-order valence-electron chi connectivity index (χ0n) is 17.8. The van der Waals surface area contributed by atoms with Gasteiger partial charge in [0.05, 0.1) is 6.10 Å². The minimum absolute atomic E-state index is 0.00716. The highest BCUT2D eigenvalue weighted by molar-refractivity contribution is 14.1. The summed E-state index contributed by atoms with van der Waals surface area (Å²) in [5.74, 6) is 0.889. The van der Waals surface area contributed by atoms with E-state index in [1.165, 1.54) is 3.57 Å². The molecule has 3 rings (SSSR count).